The molecule has 2 aromatic rings. The number of rotatable bonds is 3. The van der Waals surface area contributed by atoms with E-state index in [0.29, 0.717) is 22.7 Å². The number of hydrogen-bond acceptors (Lipinski definition) is 3. The minimum atomic E-state index is -0.392. The van der Waals surface area contributed by atoms with Crippen molar-refractivity contribution in [2.45, 2.75) is 0 Å². The van der Waals surface area contributed by atoms with Gasteiger partial charge in [-0.3, -0.25) is 4.79 Å². The molecule has 104 valence electrons. The summed E-state index contributed by atoms with van der Waals surface area (Å²) < 4.78 is 18.5. The lowest BCUT2D eigenvalue weighted by Crippen LogP contribution is -2.12. The van der Waals surface area contributed by atoms with Gasteiger partial charge in [-0.05, 0) is 52.3 Å². The summed E-state index contributed by atoms with van der Waals surface area (Å²) in [4.78, 5) is 12.1. The summed E-state index contributed by atoms with van der Waals surface area (Å²) in [5.41, 5.74) is 7.02. The summed E-state index contributed by atoms with van der Waals surface area (Å²) in [5.74, 6) is -0.295. The summed E-state index contributed by atoms with van der Waals surface area (Å²) in [6.07, 6.45) is 0. The standard InChI is InChI=1S/C14H12BrFN2O2/c1-20-13-6-8(2-5-12(13)17)14(19)18-9-3-4-11(16)10(15)7-9/h2-7H,17H2,1H3,(H,18,19). The number of amides is 1. The van der Waals surface area contributed by atoms with E-state index < -0.39 is 5.82 Å². The lowest BCUT2D eigenvalue weighted by molar-refractivity contribution is 0.102. The Balaban J connectivity index is 2.21. The second-order valence-corrected chi connectivity index (χ2v) is 4.89. The minimum Gasteiger partial charge on any atom is -0.495 e. The van der Waals surface area contributed by atoms with Gasteiger partial charge in [-0.15, -0.1) is 0 Å². The molecular weight excluding hydrogens is 327 g/mol. The summed E-state index contributed by atoms with van der Waals surface area (Å²) in [5, 5.41) is 2.67. The smallest absolute Gasteiger partial charge is 0.255 e. The number of methoxy groups -OCH3 is 1. The normalized spacial score (nSPS) is 10.2. The molecule has 4 nitrogen and oxygen atoms in total. The van der Waals surface area contributed by atoms with Crippen molar-refractivity contribution in [1.82, 2.24) is 0 Å². The van der Waals surface area contributed by atoms with Crippen LogP contribution in [0.1, 0.15) is 10.4 Å². The van der Waals surface area contributed by atoms with Gasteiger partial charge in [0.15, 0.2) is 0 Å². The Morgan fingerprint density at radius 1 is 1.30 bits per heavy atom. The fourth-order valence-electron chi connectivity index (χ4n) is 1.63. The molecule has 0 atom stereocenters. The number of nitrogens with one attached hydrogen (secondary N) is 1. The second kappa shape index (κ2) is 5.92. The maximum atomic E-state index is 13.1. The summed E-state index contributed by atoms with van der Waals surface area (Å²) in [6.45, 7) is 0. The first-order chi connectivity index (χ1) is 9.51. The molecular formula is C14H12BrFN2O2. The average molecular weight is 339 g/mol. The Kier molecular flexibility index (Phi) is 4.24. The topological polar surface area (TPSA) is 64.3 Å². The quantitative estimate of drug-likeness (QED) is 0.842. The Bertz CT molecular complexity index is 662. The van der Waals surface area contributed by atoms with Crippen molar-refractivity contribution < 1.29 is 13.9 Å². The number of carbonyl (C=O) groups excluding carboxylic acids is 1. The molecule has 0 unspecified atom stereocenters. The third kappa shape index (κ3) is 3.08. The van der Waals surface area contributed by atoms with Crippen LogP contribution in [0.4, 0.5) is 15.8 Å². The van der Waals surface area contributed by atoms with E-state index in [1.54, 1.807) is 18.2 Å². The van der Waals surface area contributed by atoms with Crippen molar-refractivity contribution in [1.29, 1.82) is 0 Å². The van der Waals surface area contributed by atoms with Gasteiger partial charge in [0, 0.05) is 11.3 Å². The first kappa shape index (κ1) is 14.3. The van der Waals surface area contributed by atoms with E-state index >= 15 is 0 Å². The van der Waals surface area contributed by atoms with Gasteiger partial charge in [0.25, 0.3) is 5.91 Å². The van der Waals surface area contributed by atoms with Gasteiger partial charge in [0.1, 0.15) is 11.6 Å². The Hall–Kier alpha value is -2.08. The molecule has 2 rings (SSSR count). The van der Waals surface area contributed by atoms with Crippen LogP contribution in [0.5, 0.6) is 5.75 Å². The molecule has 0 bridgehead atoms. The Morgan fingerprint density at radius 2 is 2.05 bits per heavy atom. The SMILES string of the molecule is COc1cc(C(=O)Nc2ccc(F)c(Br)c2)ccc1N. The van der Waals surface area contributed by atoms with E-state index in [9.17, 15) is 9.18 Å². The second-order valence-electron chi connectivity index (χ2n) is 4.04. The van der Waals surface area contributed by atoms with E-state index in [1.807, 2.05) is 0 Å². The van der Waals surface area contributed by atoms with E-state index in [0.717, 1.165) is 0 Å². The zero-order chi connectivity index (χ0) is 14.7. The van der Waals surface area contributed by atoms with Crippen LogP contribution in [0.25, 0.3) is 0 Å². The van der Waals surface area contributed by atoms with Crippen LogP contribution in [-0.2, 0) is 0 Å². The van der Waals surface area contributed by atoms with Crippen LogP contribution in [0.3, 0.4) is 0 Å². The number of nitrogen functional groups attached to an aromatic ring is 1. The molecule has 0 aliphatic carbocycles. The first-order valence-corrected chi connectivity index (χ1v) is 6.50. The molecule has 0 spiro atoms. The molecule has 0 aliphatic rings. The maximum absolute atomic E-state index is 13.1. The van der Waals surface area contributed by atoms with Crippen LogP contribution in [0, 0.1) is 5.82 Å². The van der Waals surface area contributed by atoms with Gasteiger partial charge in [-0.1, -0.05) is 0 Å². The molecule has 0 radical (unpaired) electrons. The van der Waals surface area contributed by atoms with Crippen molar-refractivity contribution in [2.75, 3.05) is 18.2 Å². The minimum absolute atomic E-state index is 0.283. The highest BCUT2D eigenvalue weighted by Gasteiger charge is 2.10. The molecule has 20 heavy (non-hydrogen) atoms. The summed E-state index contributed by atoms with van der Waals surface area (Å²) in [7, 11) is 1.48. The Labute approximate surface area is 123 Å². The van der Waals surface area contributed by atoms with Crippen molar-refractivity contribution in [3.63, 3.8) is 0 Å². The number of ether oxygens (including phenoxy) is 1. The fourth-order valence-corrected chi connectivity index (χ4v) is 2.01. The lowest BCUT2D eigenvalue weighted by atomic mass is 10.1. The molecule has 0 saturated carbocycles. The highest BCUT2D eigenvalue weighted by Crippen LogP contribution is 2.24. The van der Waals surface area contributed by atoms with Crippen molar-refractivity contribution >= 4 is 33.2 Å². The lowest BCUT2D eigenvalue weighted by Gasteiger charge is -2.09. The van der Waals surface area contributed by atoms with Gasteiger partial charge in [-0.2, -0.15) is 0 Å². The highest BCUT2D eigenvalue weighted by molar-refractivity contribution is 9.10. The van der Waals surface area contributed by atoms with E-state index in [-0.39, 0.29) is 10.4 Å². The Morgan fingerprint density at radius 3 is 2.70 bits per heavy atom. The number of anilines is 2. The van der Waals surface area contributed by atoms with E-state index in [2.05, 4.69) is 21.2 Å². The molecule has 0 saturated heterocycles. The molecule has 0 fully saturated rings. The number of halogens is 2. The van der Waals surface area contributed by atoms with Gasteiger partial charge in [0.05, 0.1) is 17.3 Å². The molecule has 0 aliphatic heterocycles. The van der Waals surface area contributed by atoms with E-state index in [4.69, 9.17) is 10.5 Å². The fraction of sp³-hybridized carbons (Fsp3) is 0.0714. The van der Waals surface area contributed by atoms with Gasteiger partial charge >= 0.3 is 0 Å². The first-order valence-electron chi connectivity index (χ1n) is 5.71. The molecule has 6 heteroatoms. The largest absolute Gasteiger partial charge is 0.495 e. The zero-order valence-corrected chi connectivity index (χ0v) is 12.2. The number of carbonyl (C=O) groups is 1. The molecule has 0 heterocycles. The maximum Gasteiger partial charge on any atom is 0.255 e. The number of nitrogens with two attached hydrogens (primary N) is 1. The molecule has 3 N–H and O–H groups in total. The number of hydrogen-bond donors (Lipinski definition) is 2. The van der Waals surface area contributed by atoms with Crippen LogP contribution in [0.2, 0.25) is 0 Å². The van der Waals surface area contributed by atoms with Crippen LogP contribution in [-0.4, -0.2) is 13.0 Å². The van der Waals surface area contributed by atoms with Crippen LogP contribution in [0.15, 0.2) is 40.9 Å². The molecule has 1 amide bonds. The predicted octanol–water partition coefficient (Wildman–Crippen LogP) is 3.43. The van der Waals surface area contributed by atoms with Crippen molar-refractivity contribution in [3.05, 3.63) is 52.3 Å². The van der Waals surface area contributed by atoms with Crippen LogP contribution < -0.4 is 15.8 Å². The van der Waals surface area contributed by atoms with Crippen molar-refractivity contribution in [2.24, 2.45) is 0 Å². The highest BCUT2D eigenvalue weighted by atomic mass is 79.9. The van der Waals surface area contributed by atoms with Gasteiger partial charge in [-0.25, -0.2) is 4.39 Å². The summed E-state index contributed by atoms with van der Waals surface area (Å²) >= 11 is 3.06. The molecule has 0 aromatic heterocycles. The number of benzene rings is 2. The van der Waals surface area contributed by atoms with E-state index in [1.165, 1.54) is 25.3 Å². The third-order valence-electron chi connectivity index (χ3n) is 2.67. The van der Waals surface area contributed by atoms with Crippen molar-refractivity contribution in [3.8, 4) is 5.75 Å². The monoisotopic (exact) mass is 338 g/mol. The van der Waals surface area contributed by atoms with Gasteiger partial charge < -0.3 is 15.8 Å². The zero-order valence-electron chi connectivity index (χ0n) is 10.6. The summed E-state index contributed by atoms with van der Waals surface area (Å²) in [6, 6.07) is 8.96. The molecule has 2 aromatic carbocycles. The van der Waals surface area contributed by atoms with Crippen LogP contribution >= 0.6 is 15.9 Å². The predicted molar refractivity (Wildman–Crippen MR) is 79.5 cm³/mol. The third-order valence-corrected chi connectivity index (χ3v) is 3.28. The average Bonchev–Trinajstić information content (AvgIpc) is 2.43. The van der Waals surface area contributed by atoms with Gasteiger partial charge in [0.2, 0.25) is 0 Å².